The molecule has 4 heteroatoms. The molecular formula is C19H36O4. The summed E-state index contributed by atoms with van der Waals surface area (Å²) < 4.78 is 0. The molecule has 0 heterocycles. The van der Waals surface area contributed by atoms with Gasteiger partial charge in [-0.15, -0.1) is 0 Å². The molecule has 0 aromatic heterocycles. The molecule has 136 valence electrons. The molecule has 0 aliphatic rings. The van der Waals surface area contributed by atoms with Crippen LogP contribution in [0.5, 0.6) is 0 Å². The average molecular weight is 328 g/mol. The third kappa shape index (κ3) is 11.4. The molecule has 0 atom stereocenters. The van der Waals surface area contributed by atoms with Crippen molar-refractivity contribution in [2.75, 3.05) is 0 Å². The summed E-state index contributed by atoms with van der Waals surface area (Å²) in [7, 11) is 0. The number of hydrogen-bond acceptors (Lipinski definition) is 4. The average Bonchev–Trinajstić information content (AvgIpc) is 2.45. The van der Waals surface area contributed by atoms with Crippen molar-refractivity contribution in [1.82, 2.24) is 0 Å². The number of aliphatic hydroxyl groups excluding tert-OH is 1. The van der Waals surface area contributed by atoms with E-state index in [9.17, 15) is 19.8 Å². The Balaban J connectivity index is 3.56. The molecule has 2 N–H and O–H groups in total. The number of carbonyl (C=O) groups is 2. The van der Waals surface area contributed by atoms with Crippen molar-refractivity contribution in [3.05, 3.63) is 0 Å². The molecule has 0 radical (unpaired) electrons. The predicted molar refractivity (Wildman–Crippen MR) is 93.0 cm³/mol. The molecule has 0 aliphatic carbocycles. The van der Waals surface area contributed by atoms with Gasteiger partial charge in [0.2, 0.25) is 0 Å². The van der Waals surface area contributed by atoms with Crippen LogP contribution in [0, 0.1) is 10.8 Å². The normalized spacial score (nSPS) is 12.7. The number of carbonyl (C=O) groups excluding carboxylic acids is 2. The summed E-state index contributed by atoms with van der Waals surface area (Å²) in [5, 5.41) is 18.4. The van der Waals surface area contributed by atoms with Crippen LogP contribution >= 0.6 is 0 Å². The van der Waals surface area contributed by atoms with E-state index in [-0.39, 0.29) is 11.2 Å². The Morgan fingerprint density at radius 3 is 1.96 bits per heavy atom. The SMILES string of the molecule is CC(C)(C=O)CCCCCCCC(=O)CCCC(C)(C)C(O)O. The van der Waals surface area contributed by atoms with Gasteiger partial charge in [-0.25, -0.2) is 0 Å². The van der Waals surface area contributed by atoms with Gasteiger partial charge in [0.1, 0.15) is 12.1 Å². The van der Waals surface area contributed by atoms with Crippen molar-refractivity contribution in [2.45, 2.75) is 98.2 Å². The summed E-state index contributed by atoms with van der Waals surface area (Å²) >= 11 is 0. The fraction of sp³-hybridized carbons (Fsp3) is 0.895. The summed E-state index contributed by atoms with van der Waals surface area (Å²) in [6, 6.07) is 0. The molecule has 0 aliphatic heterocycles. The van der Waals surface area contributed by atoms with Crippen LogP contribution in [0.4, 0.5) is 0 Å². The lowest BCUT2D eigenvalue weighted by molar-refractivity contribution is -0.127. The van der Waals surface area contributed by atoms with E-state index in [0.29, 0.717) is 25.7 Å². The number of aldehydes is 1. The van der Waals surface area contributed by atoms with E-state index in [1.54, 1.807) is 13.8 Å². The Hall–Kier alpha value is -0.740. The van der Waals surface area contributed by atoms with E-state index in [1.165, 1.54) is 0 Å². The van der Waals surface area contributed by atoms with Gasteiger partial charge in [0.25, 0.3) is 0 Å². The first-order chi connectivity index (χ1) is 10.6. The van der Waals surface area contributed by atoms with Gasteiger partial charge in [-0.1, -0.05) is 53.4 Å². The highest BCUT2D eigenvalue weighted by molar-refractivity contribution is 5.78. The van der Waals surface area contributed by atoms with E-state index in [0.717, 1.165) is 44.8 Å². The van der Waals surface area contributed by atoms with Gasteiger partial charge in [-0.2, -0.15) is 0 Å². The van der Waals surface area contributed by atoms with Crippen LogP contribution in [-0.4, -0.2) is 28.6 Å². The maximum atomic E-state index is 11.8. The van der Waals surface area contributed by atoms with Crippen molar-refractivity contribution in [1.29, 1.82) is 0 Å². The summed E-state index contributed by atoms with van der Waals surface area (Å²) in [4.78, 5) is 22.6. The van der Waals surface area contributed by atoms with Crippen molar-refractivity contribution >= 4 is 12.1 Å². The standard InChI is InChI=1S/C19H36O4/c1-18(2,15-20)13-9-7-5-6-8-11-16(21)12-10-14-19(3,4)17(22)23/h15,17,22-23H,5-14H2,1-4H3. The number of unbranched alkanes of at least 4 members (excludes halogenated alkanes) is 4. The minimum Gasteiger partial charge on any atom is -0.368 e. The fourth-order valence-electron chi connectivity index (χ4n) is 2.49. The van der Waals surface area contributed by atoms with Crippen LogP contribution in [0.15, 0.2) is 0 Å². The highest BCUT2D eigenvalue weighted by Gasteiger charge is 2.25. The molecule has 0 aromatic rings. The third-order valence-corrected chi connectivity index (χ3v) is 4.57. The molecule has 0 fully saturated rings. The van der Waals surface area contributed by atoms with Gasteiger partial charge in [0, 0.05) is 23.7 Å². The van der Waals surface area contributed by atoms with E-state index in [2.05, 4.69) is 0 Å². The van der Waals surface area contributed by atoms with Crippen molar-refractivity contribution < 1.29 is 19.8 Å². The van der Waals surface area contributed by atoms with Crippen LogP contribution in [0.25, 0.3) is 0 Å². The first-order valence-electron chi connectivity index (χ1n) is 8.95. The lowest BCUT2D eigenvalue weighted by Gasteiger charge is -2.26. The van der Waals surface area contributed by atoms with E-state index in [1.807, 2.05) is 13.8 Å². The lowest BCUT2D eigenvalue weighted by Crippen LogP contribution is -2.28. The Morgan fingerprint density at radius 2 is 1.39 bits per heavy atom. The maximum absolute atomic E-state index is 11.8. The van der Waals surface area contributed by atoms with Crippen LogP contribution in [0.1, 0.15) is 91.9 Å². The topological polar surface area (TPSA) is 74.6 Å². The van der Waals surface area contributed by atoms with E-state index in [4.69, 9.17) is 0 Å². The minimum atomic E-state index is -1.33. The quantitative estimate of drug-likeness (QED) is 0.287. The van der Waals surface area contributed by atoms with E-state index < -0.39 is 11.7 Å². The second-order valence-electron chi connectivity index (χ2n) is 8.13. The Labute approximate surface area is 141 Å². The number of Topliss-reactive ketones (excluding diaryl/α,β-unsaturated/α-hetero) is 1. The van der Waals surface area contributed by atoms with Gasteiger partial charge in [0.05, 0.1) is 0 Å². The zero-order chi connectivity index (χ0) is 17.9. The molecule has 23 heavy (non-hydrogen) atoms. The molecule has 0 saturated heterocycles. The molecule has 0 amide bonds. The Morgan fingerprint density at radius 1 is 0.870 bits per heavy atom. The van der Waals surface area contributed by atoms with Crippen molar-refractivity contribution in [3.8, 4) is 0 Å². The van der Waals surface area contributed by atoms with Crippen LogP contribution in [0.3, 0.4) is 0 Å². The first kappa shape index (κ1) is 22.3. The second-order valence-corrected chi connectivity index (χ2v) is 8.13. The predicted octanol–water partition coefficient (Wildman–Crippen LogP) is 4.02. The molecule has 0 aromatic carbocycles. The van der Waals surface area contributed by atoms with Gasteiger partial charge in [0.15, 0.2) is 6.29 Å². The van der Waals surface area contributed by atoms with Gasteiger partial charge >= 0.3 is 0 Å². The number of hydrogen-bond donors (Lipinski definition) is 2. The molecule has 0 unspecified atom stereocenters. The maximum Gasteiger partial charge on any atom is 0.156 e. The highest BCUT2D eigenvalue weighted by atomic mass is 16.5. The minimum absolute atomic E-state index is 0.202. The molecule has 0 rings (SSSR count). The monoisotopic (exact) mass is 328 g/mol. The zero-order valence-electron chi connectivity index (χ0n) is 15.4. The van der Waals surface area contributed by atoms with Crippen LogP contribution < -0.4 is 0 Å². The largest absolute Gasteiger partial charge is 0.368 e. The molecule has 0 bridgehead atoms. The highest BCUT2D eigenvalue weighted by Crippen LogP contribution is 2.26. The third-order valence-electron chi connectivity index (χ3n) is 4.57. The molecular weight excluding hydrogens is 292 g/mol. The Bertz CT molecular complexity index is 345. The van der Waals surface area contributed by atoms with Gasteiger partial charge in [-0.05, 0) is 25.7 Å². The number of aliphatic hydroxyl groups is 2. The van der Waals surface area contributed by atoms with E-state index >= 15 is 0 Å². The fourth-order valence-corrected chi connectivity index (χ4v) is 2.49. The van der Waals surface area contributed by atoms with Crippen molar-refractivity contribution in [3.63, 3.8) is 0 Å². The Kier molecular flexibility index (Phi) is 10.6. The summed E-state index contributed by atoms with van der Waals surface area (Å²) in [6.45, 7) is 7.54. The van der Waals surface area contributed by atoms with Gasteiger partial charge < -0.3 is 15.0 Å². The number of ketones is 1. The molecule has 4 nitrogen and oxygen atoms in total. The lowest BCUT2D eigenvalue weighted by atomic mass is 9.86. The zero-order valence-corrected chi connectivity index (χ0v) is 15.4. The van der Waals surface area contributed by atoms with Crippen LogP contribution in [0.2, 0.25) is 0 Å². The summed E-state index contributed by atoms with van der Waals surface area (Å²) in [6.07, 6.45) is 8.44. The van der Waals surface area contributed by atoms with Crippen LogP contribution in [-0.2, 0) is 9.59 Å². The number of rotatable bonds is 14. The summed E-state index contributed by atoms with van der Waals surface area (Å²) in [5.74, 6) is 0.273. The molecule has 0 spiro atoms. The summed E-state index contributed by atoms with van der Waals surface area (Å²) in [5.41, 5.74) is -0.749. The van der Waals surface area contributed by atoms with Crippen molar-refractivity contribution in [2.24, 2.45) is 10.8 Å². The smallest absolute Gasteiger partial charge is 0.156 e. The van der Waals surface area contributed by atoms with Gasteiger partial charge in [-0.3, -0.25) is 4.79 Å². The second kappa shape index (κ2) is 10.9. The first-order valence-corrected chi connectivity index (χ1v) is 8.95. The molecule has 0 saturated carbocycles.